The molecule has 16 heavy (non-hydrogen) atoms. The van der Waals surface area contributed by atoms with E-state index in [0.717, 1.165) is 11.7 Å². The van der Waals surface area contributed by atoms with Crippen molar-refractivity contribution in [2.45, 2.75) is 0 Å². The van der Waals surface area contributed by atoms with Crippen LogP contribution in [0.5, 0.6) is 0 Å². The highest BCUT2D eigenvalue weighted by Crippen LogP contribution is 2.17. The van der Waals surface area contributed by atoms with Gasteiger partial charge in [-0.1, -0.05) is 29.3 Å². The molecule has 0 aliphatic carbocycles. The largest absolute Gasteiger partial charge is 0.336 e. The van der Waals surface area contributed by atoms with Crippen LogP contribution in [0.25, 0.3) is 0 Å². The quantitative estimate of drug-likeness (QED) is 0.914. The van der Waals surface area contributed by atoms with Gasteiger partial charge in [0.1, 0.15) is 0 Å². The van der Waals surface area contributed by atoms with Crippen LogP contribution in [0.2, 0.25) is 10.2 Å². The van der Waals surface area contributed by atoms with E-state index in [9.17, 15) is 4.79 Å². The van der Waals surface area contributed by atoms with E-state index in [1.807, 2.05) is 0 Å². The zero-order chi connectivity index (χ0) is 11.5. The third kappa shape index (κ3) is 2.49. The summed E-state index contributed by atoms with van der Waals surface area (Å²) in [6.45, 7) is 0. The van der Waals surface area contributed by atoms with Gasteiger partial charge >= 0.3 is 0 Å². The Labute approximate surface area is 105 Å². The highest BCUT2D eigenvalue weighted by Gasteiger charge is 2.06. The smallest absolute Gasteiger partial charge is 0.260 e. The fourth-order valence-electron chi connectivity index (χ4n) is 1.06. The molecule has 0 spiro atoms. The summed E-state index contributed by atoms with van der Waals surface area (Å²) in [4.78, 5) is 11.5. The summed E-state index contributed by atoms with van der Waals surface area (Å²) in [6, 6.07) is 6.95. The molecule has 0 aliphatic rings. The van der Waals surface area contributed by atoms with Crippen LogP contribution in [0, 0.1) is 0 Å². The van der Waals surface area contributed by atoms with Crippen LogP contribution < -0.4 is 10.7 Å². The molecule has 1 aromatic heterocycles. The lowest BCUT2D eigenvalue weighted by Gasteiger charge is -2.03. The number of aromatic nitrogens is 2. The van der Waals surface area contributed by atoms with Crippen LogP contribution in [-0.2, 0) is 0 Å². The average Bonchev–Trinajstić information content (AvgIpc) is 2.25. The highest BCUT2D eigenvalue weighted by molar-refractivity contribution is 6.99. The summed E-state index contributed by atoms with van der Waals surface area (Å²) in [5.41, 5.74) is 0.243. The molecule has 0 amide bonds. The van der Waals surface area contributed by atoms with Gasteiger partial charge in [-0.25, -0.2) is 0 Å². The molecule has 0 bridgehead atoms. The van der Waals surface area contributed by atoms with E-state index < -0.39 is 5.43 Å². The molecule has 1 heterocycles. The number of halogens is 2. The molecular formula is C9H5Cl2N3OS. The Balaban J connectivity index is 2.34. The van der Waals surface area contributed by atoms with Gasteiger partial charge < -0.3 is 5.32 Å². The van der Waals surface area contributed by atoms with E-state index in [1.54, 1.807) is 24.3 Å². The number of hydrogen-bond donors (Lipinski definition) is 1. The Morgan fingerprint density at radius 2 is 2.06 bits per heavy atom. The Bertz CT molecular complexity index is 573. The van der Waals surface area contributed by atoms with Crippen LogP contribution in [0.15, 0.2) is 29.1 Å². The van der Waals surface area contributed by atoms with Crippen LogP contribution >= 0.6 is 34.9 Å². The molecule has 2 aromatic rings. The van der Waals surface area contributed by atoms with Crippen molar-refractivity contribution < 1.29 is 0 Å². The minimum Gasteiger partial charge on any atom is -0.336 e. The summed E-state index contributed by atoms with van der Waals surface area (Å²) in [6.07, 6.45) is 0. The minimum absolute atomic E-state index is 0.0930. The van der Waals surface area contributed by atoms with Gasteiger partial charge in [0.05, 0.1) is 11.7 Å². The van der Waals surface area contributed by atoms with Crippen molar-refractivity contribution in [2.24, 2.45) is 0 Å². The Morgan fingerprint density at radius 1 is 1.25 bits per heavy atom. The van der Waals surface area contributed by atoms with Crippen molar-refractivity contribution in [2.75, 3.05) is 5.32 Å². The van der Waals surface area contributed by atoms with Crippen molar-refractivity contribution in [3.63, 3.8) is 0 Å². The van der Waals surface area contributed by atoms with Gasteiger partial charge in [-0.15, -0.1) is 0 Å². The predicted molar refractivity (Wildman–Crippen MR) is 65.9 cm³/mol. The molecule has 0 fully saturated rings. The first kappa shape index (κ1) is 11.3. The monoisotopic (exact) mass is 273 g/mol. The van der Waals surface area contributed by atoms with Crippen LogP contribution in [0.1, 0.15) is 0 Å². The lowest BCUT2D eigenvalue weighted by atomic mass is 10.3. The summed E-state index contributed by atoms with van der Waals surface area (Å²) in [5, 5.41) is 3.31. The number of hydrogen-bond acceptors (Lipinski definition) is 5. The van der Waals surface area contributed by atoms with Gasteiger partial charge in [0.2, 0.25) is 0 Å². The summed E-state index contributed by atoms with van der Waals surface area (Å²) >= 11 is 12.3. The molecule has 1 aromatic carbocycles. The third-order valence-electron chi connectivity index (χ3n) is 1.74. The maximum atomic E-state index is 11.5. The SMILES string of the molecule is O=c1c(Cl)nsnc1Nc1cccc(Cl)c1. The molecule has 0 aliphatic heterocycles. The number of nitrogens with zero attached hydrogens (tertiary/aromatic N) is 2. The normalized spacial score (nSPS) is 10.1. The topological polar surface area (TPSA) is 54.9 Å². The van der Waals surface area contributed by atoms with Crippen molar-refractivity contribution in [1.29, 1.82) is 0 Å². The minimum atomic E-state index is -0.430. The average molecular weight is 274 g/mol. The second-order valence-electron chi connectivity index (χ2n) is 2.87. The fourth-order valence-corrected chi connectivity index (χ4v) is 1.84. The summed E-state index contributed by atoms with van der Waals surface area (Å²) < 4.78 is 7.46. The van der Waals surface area contributed by atoms with Crippen molar-refractivity contribution >= 4 is 46.4 Å². The molecule has 82 valence electrons. The van der Waals surface area contributed by atoms with Crippen molar-refractivity contribution in [1.82, 2.24) is 8.75 Å². The number of anilines is 2. The van der Waals surface area contributed by atoms with Gasteiger partial charge in [-0.05, 0) is 18.2 Å². The highest BCUT2D eigenvalue weighted by atomic mass is 35.5. The molecule has 0 radical (unpaired) electrons. The van der Waals surface area contributed by atoms with Crippen LogP contribution in [-0.4, -0.2) is 8.75 Å². The number of benzene rings is 1. The van der Waals surface area contributed by atoms with Crippen LogP contribution in [0.3, 0.4) is 0 Å². The van der Waals surface area contributed by atoms with Gasteiger partial charge in [0.15, 0.2) is 11.0 Å². The maximum absolute atomic E-state index is 11.5. The Kier molecular flexibility index (Phi) is 3.38. The molecule has 0 unspecified atom stereocenters. The molecule has 7 heteroatoms. The van der Waals surface area contributed by atoms with Gasteiger partial charge in [-0.3, -0.25) is 4.79 Å². The number of rotatable bonds is 2. The predicted octanol–water partition coefficient (Wildman–Crippen LogP) is 2.95. The second-order valence-corrected chi connectivity index (χ2v) is 4.19. The van der Waals surface area contributed by atoms with E-state index >= 15 is 0 Å². The zero-order valence-corrected chi connectivity index (χ0v) is 10.1. The lowest BCUT2D eigenvalue weighted by molar-refractivity contribution is 1.33. The van der Waals surface area contributed by atoms with E-state index in [4.69, 9.17) is 23.2 Å². The molecule has 2 rings (SSSR count). The molecule has 1 N–H and O–H groups in total. The van der Waals surface area contributed by atoms with Crippen molar-refractivity contribution in [3.05, 3.63) is 44.7 Å². The molecule has 0 atom stereocenters. The third-order valence-corrected chi connectivity index (χ3v) is 2.86. The first-order chi connectivity index (χ1) is 7.66. The fraction of sp³-hybridized carbons (Fsp3) is 0. The number of nitrogens with one attached hydrogen (secondary N) is 1. The Morgan fingerprint density at radius 3 is 2.81 bits per heavy atom. The van der Waals surface area contributed by atoms with Crippen molar-refractivity contribution in [3.8, 4) is 0 Å². The molecule has 0 saturated carbocycles. The lowest BCUT2D eigenvalue weighted by Crippen LogP contribution is -2.10. The molecular weight excluding hydrogens is 269 g/mol. The Hall–Kier alpha value is -1.17. The second kappa shape index (κ2) is 4.78. The molecule has 0 saturated heterocycles. The van der Waals surface area contributed by atoms with Gasteiger partial charge in [0.25, 0.3) is 5.43 Å². The summed E-state index contributed by atoms with van der Waals surface area (Å²) in [5.74, 6) is 0.146. The van der Waals surface area contributed by atoms with E-state index in [1.165, 1.54) is 0 Å². The first-order valence-corrected chi connectivity index (χ1v) is 5.70. The van der Waals surface area contributed by atoms with E-state index in [0.29, 0.717) is 10.7 Å². The van der Waals surface area contributed by atoms with Crippen LogP contribution in [0.4, 0.5) is 11.5 Å². The zero-order valence-electron chi connectivity index (χ0n) is 7.78. The summed E-state index contributed by atoms with van der Waals surface area (Å²) in [7, 11) is 0. The van der Waals surface area contributed by atoms with Gasteiger partial charge in [-0.2, -0.15) is 8.75 Å². The van der Waals surface area contributed by atoms with E-state index in [-0.39, 0.29) is 11.0 Å². The standard InChI is InChI=1S/C9H5Cl2N3OS/c10-5-2-1-3-6(4-5)12-9-7(15)8(11)13-16-14-9/h1-4H,(H,12,14). The first-order valence-electron chi connectivity index (χ1n) is 4.22. The maximum Gasteiger partial charge on any atom is 0.260 e. The van der Waals surface area contributed by atoms with Gasteiger partial charge in [0, 0.05) is 10.7 Å². The molecule has 4 nitrogen and oxygen atoms in total. The van der Waals surface area contributed by atoms with E-state index in [2.05, 4.69) is 14.1 Å².